The van der Waals surface area contributed by atoms with Gasteiger partial charge in [-0.1, -0.05) is 34.9 Å². The Morgan fingerprint density at radius 2 is 1.94 bits per heavy atom. The maximum absolute atomic E-state index is 10.1. The average Bonchev–Trinajstić information content (AvgIpc) is 3.13. The number of hydrogen-bond donors (Lipinski definition) is 2. The molecule has 1 saturated heterocycles. The van der Waals surface area contributed by atoms with E-state index in [2.05, 4.69) is 28.2 Å². The first-order chi connectivity index (χ1) is 15.4. The van der Waals surface area contributed by atoms with Crippen LogP contribution < -0.4 is 10.2 Å². The topological polar surface area (TPSA) is 74.2 Å². The highest BCUT2D eigenvalue weighted by Gasteiger charge is 2.41. The van der Waals surface area contributed by atoms with Crippen LogP contribution in [0.4, 0.5) is 5.82 Å². The molecular formula is C24H27Cl2N5O. The number of halogens is 2. The molecule has 32 heavy (non-hydrogen) atoms. The molecule has 2 aliphatic heterocycles. The number of anilines is 1. The molecule has 2 N–H and O–H groups in total. The zero-order chi connectivity index (χ0) is 22.5. The molecule has 0 amide bonds. The Labute approximate surface area is 198 Å². The van der Waals surface area contributed by atoms with Crippen LogP contribution in [0.5, 0.6) is 0 Å². The molecule has 0 radical (unpaired) electrons. The number of dihydropyridines is 1. The van der Waals surface area contributed by atoms with Gasteiger partial charge in [0.2, 0.25) is 0 Å². The van der Waals surface area contributed by atoms with Gasteiger partial charge < -0.3 is 15.3 Å². The average molecular weight is 472 g/mol. The van der Waals surface area contributed by atoms with E-state index in [1.807, 2.05) is 6.92 Å². The van der Waals surface area contributed by atoms with Gasteiger partial charge in [-0.2, -0.15) is 0 Å². The normalized spacial score (nSPS) is 19.8. The smallest absolute Gasteiger partial charge is 0.153 e. The van der Waals surface area contributed by atoms with Crippen LogP contribution in [0.2, 0.25) is 10.2 Å². The van der Waals surface area contributed by atoms with Gasteiger partial charge in [-0.25, -0.2) is 15.0 Å². The third-order valence-electron chi connectivity index (χ3n) is 7.00. The number of nitrogens with one attached hydrogen (secondary N) is 1. The zero-order valence-electron chi connectivity index (χ0n) is 18.4. The van der Waals surface area contributed by atoms with Gasteiger partial charge in [-0.3, -0.25) is 0 Å². The summed E-state index contributed by atoms with van der Waals surface area (Å²) in [7, 11) is 0. The minimum absolute atomic E-state index is 0.183. The molecule has 1 fully saturated rings. The van der Waals surface area contributed by atoms with Gasteiger partial charge in [-0.05, 0) is 56.6 Å². The number of rotatable bonds is 3. The van der Waals surface area contributed by atoms with Gasteiger partial charge in [0.25, 0.3) is 0 Å². The highest BCUT2D eigenvalue weighted by molar-refractivity contribution is 6.42. The molecule has 2 aromatic heterocycles. The maximum atomic E-state index is 10.1. The molecular weight excluding hydrogens is 445 g/mol. The second-order valence-corrected chi connectivity index (χ2v) is 9.97. The molecule has 2 aromatic rings. The lowest BCUT2D eigenvalue weighted by Gasteiger charge is -2.40. The number of nitrogens with zero attached hydrogens (tertiary/aromatic N) is 4. The van der Waals surface area contributed by atoms with E-state index in [-0.39, 0.29) is 11.8 Å². The third kappa shape index (κ3) is 3.78. The summed E-state index contributed by atoms with van der Waals surface area (Å²) < 4.78 is 0. The first-order valence-electron chi connectivity index (χ1n) is 11.1. The van der Waals surface area contributed by atoms with Crippen molar-refractivity contribution >= 4 is 29.0 Å². The van der Waals surface area contributed by atoms with Gasteiger partial charge in [0.1, 0.15) is 10.8 Å². The van der Waals surface area contributed by atoms with Crippen LogP contribution in [-0.2, 0) is 6.61 Å². The largest absolute Gasteiger partial charge is 0.390 e. The Bertz CT molecular complexity index is 1140. The lowest BCUT2D eigenvalue weighted by Crippen LogP contribution is -2.40. The molecule has 0 saturated carbocycles. The standard InChI is InChI=1S/C24H27Cl2N5O/c1-14-9-16-10-24(11-18(16)28-12-14)4-7-31(8-5-24)23-19(13-32)30-21(15(2)29-23)17-3-6-27-22(26)20(17)25/h3,6,9,28,32H,4-5,7-8,10-13H2,1-2H3. The first kappa shape index (κ1) is 21.7. The number of aliphatic hydroxyl groups is 1. The molecule has 5 rings (SSSR count). The molecule has 1 spiro atoms. The van der Waals surface area contributed by atoms with Crippen molar-refractivity contribution in [3.05, 3.63) is 56.7 Å². The number of piperidine rings is 1. The van der Waals surface area contributed by atoms with Crippen LogP contribution in [0.1, 0.15) is 44.0 Å². The van der Waals surface area contributed by atoms with Gasteiger partial charge >= 0.3 is 0 Å². The highest BCUT2D eigenvalue weighted by Crippen LogP contribution is 2.50. The predicted molar refractivity (Wildman–Crippen MR) is 128 cm³/mol. The summed E-state index contributed by atoms with van der Waals surface area (Å²) in [6, 6.07) is 1.77. The summed E-state index contributed by atoms with van der Waals surface area (Å²) in [5, 5.41) is 14.3. The van der Waals surface area contributed by atoms with E-state index >= 15 is 0 Å². The Morgan fingerprint density at radius 1 is 1.16 bits per heavy atom. The van der Waals surface area contributed by atoms with Crippen LogP contribution in [0.3, 0.4) is 0 Å². The second kappa shape index (κ2) is 8.32. The van der Waals surface area contributed by atoms with Crippen LogP contribution in [-0.4, -0.2) is 39.7 Å². The molecule has 4 heterocycles. The molecule has 0 atom stereocenters. The van der Waals surface area contributed by atoms with E-state index in [0.717, 1.165) is 56.8 Å². The lowest BCUT2D eigenvalue weighted by molar-refractivity contribution is 0.228. The Kier molecular flexibility index (Phi) is 5.64. The summed E-state index contributed by atoms with van der Waals surface area (Å²) in [6.45, 7) is 6.71. The minimum atomic E-state index is -0.183. The van der Waals surface area contributed by atoms with Crippen LogP contribution in [0.15, 0.2) is 35.2 Å². The van der Waals surface area contributed by atoms with Gasteiger partial charge in [0.15, 0.2) is 5.82 Å². The predicted octanol–water partition coefficient (Wildman–Crippen LogP) is 4.83. The third-order valence-corrected chi connectivity index (χ3v) is 7.77. The van der Waals surface area contributed by atoms with Crippen molar-refractivity contribution < 1.29 is 5.11 Å². The van der Waals surface area contributed by atoms with Crippen LogP contribution >= 0.6 is 23.2 Å². The van der Waals surface area contributed by atoms with E-state index in [9.17, 15) is 5.11 Å². The van der Waals surface area contributed by atoms with Crippen molar-refractivity contribution in [2.24, 2.45) is 5.41 Å². The fourth-order valence-electron chi connectivity index (χ4n) is 5.27. The van der Waals surface area contributed by atoms with Gasteiger partial charge in [0.05, 0.1) is 23.0 Å². The Hall–Kier alpha value is -2.15. The Morgan fingerprint density at radius 3 is 2.69 bits per heavy atom. The number of pyridine rings is 1. The van der Waals surface area contributed by atoms with Crippen molar-refractivity contribution in [2.45, 2.75) is 46.1 Å². The molecule has 6 nitrogen and oxygen atoms in total. The molecule has 0 bridgehead atoms. The van der Waals surface area contributed by atoms with E-state index in [1.54, 1.807) is 12.3 Å². The van der Waals surface area contributed by atoms with E-state index in [1.165, 1.54) is 16.8 Å². The summed E-state index contributed by atoms with van der Waals surface area (Å²) >= 11 is 12.5. The van der Waals surface area contributed by atoms with E-state index in [0.29, 0.717) is 27.4 Å². The quantitative estimate of drug-likeness (QED) is 0.624. The van der Waals surface area contributed by atoms with Crippen molar-refractivity contribution in [1.82, 2.24) is 20.3 Å². The maximum Gasteiger partial charge on any atom is 0.153 e. The van der Waals surface area contributed by atoms with Gasteiger partial charge in [-0.15, -0.1) is 0 Å². The molecule has 0 unspecified atom stereocenters. The number of aromatic nitrogens is 3. The molecule has 0 aromatic carbocycles. The molecule has 8 heteroatoms. The van der Waals surface area contributed by atoms with Crippen molar-refractivity contribution in [1.29, 1.82) is 0 Å². The highest BCUT2D eigenvalue weighted by atomic mass is 35.5. The monoisotopic (exact) mass is 471 g/mol. The Balaban J connectivity index is 1.37. The van der Waals surface area contributed by atoms with Crippen molar-refractivity contribution in [2.75, 3.05) is 24.5 Å². The second-order valence-electron chi connectivity index (χ2n) is 9.24. The SMILES string of the molecule is CC1=CC2=C(CC3(CCN(c4nc(C)c(-c5ccnc(Cl)c5Cl)nc4CO)CC3)C2)NC1. The van der Waals surface area contributed by atoms with E-state index < -0.39 is 0 Å². The minimum Gasteiger partial charge on any atom is -0.390 e. The summed E-state index contributed by atoms with van der Waals surface area (Å²) in [4.78, 5) is 15.9. The molecule has 168 valence electrons. The lowest BCUT2D eigenvalue weighted by atomic mass is 9.75. The number of allylic oxidation sites excluding steroid dienone is 3. The zero-order valence-corrected chi connectivity index (χ0v) is 19.9. The van der Waals surface area contributed by atoms with Crippen LogP contribution in [0, 0.1) is 12.3 Å². The van der Waals surface area contributed by atoms with E-state index in [4.69, 9.17) is 33.2 Å². The fraction of sp³-hybridized carbons (Fsp3) is 0.458. The number of hydrogen-bond acceptors (Lipinski definition) is 6. The molecule has 3 aliphatic rings. The summed E-state index contributed by atoms with van der Waals surface area (Å²) in [5.74, 6) is 0.768. The van der Waals surface area contributed by atoms with Crippen LogP contribution in [0.25, 0.3) is 11.3 Å². The fourth-order valence-corrected chi connectivity index (χ4v) is 5.63. The summed E-state index contributed by atoms with van der Waals surface area (Å²) in [5.41, 5.74) is 7.29. The summed E-state index contributed by atoms with van der Waals surface area (Å²) in [6.07, 6.45) is 8.47. The molecule has 1 aliphatic carbocycles. The van der Waals surface area contributed by atoms with Crippen molar-refractivity contribution in [3.63, 3.8) is 0 Å². The first-order valence-corrected chi connectivity index (χ1v) is 11.8. The number of aryl methyl sites for hydroxylation is 1. The van der Waals surface area contributed by atoms with Crippen molar-refractivity contribution in [3.8, 4) is 11.3 Å². The number of aliphatic hydroxyl groups excluding tert-OH is 1. The van der Waals surface area contributed by atoms with Gasteiger partial charge in [0, 0.05) is 37.1 Å².